The molecule has 1 heterocycles. The molecule has 0 bridgehead atoms. The molecule has 0 aliphatic heterocycles. The Hall–Kier alpha value is -1.14. The zero-order valence-corrected chi connectivity index (χ0v) is 12.9. The number of benzene rings is 1. The van der Waals surface area contributed by atoms with E-state index in [1.165, 1.54) is 6.33 Å². The van der Waals surface area contributed by atoms with Gasteiger partial charge in [-0.25, -0.2) is 9.97 Å². The molecule has 0 unspecified atom stereocenters. The molecule has 0 amide bonds. The zero-order chi connectivity index (χ0) is 13.0. The van der Waals surface area contributed by atoms with E-state index in [0.29, 0.717) is 0 Å². The van der Waals surface area contributed by atoms with Gasteiger partial charge in [0.05, 0.1) is 5.69 Å². The van der Waals surface area contributed by atoms with E-state index in [1.54, 1.807) is 0 Å². The van der Waals surface area contributed by atoms with Crippen LogP contribution in [0.25, 0.3) is 0 Å². The van der Waals surface area contributed by atoms with E-state index in [1.807, 2.05) is 31.2 Å². The van der Waals surface area contributed by atoms with E-state index >= 15 is 0 Å². The molecule has 0 fully saturated rings. The van der Waals surface area contributed by atoms with E-state index in [-0.39, 0.29) is 0 Å². The lowest BCUT2D eigenvalue weighted by molar-refractivity contribution is 1.10. The van der Waals surface area contributed by atoms with Gasteiger partial charge in [0.1, 0.15) is 22.4 Å². The van der Waals surface area contributed by atoms with Gasteiger partial charge in [-0.2, -0.15) is 0 Å². The number of para-hydroxylation sites is 1. The second kappa shape index (κ2) is 6.15. The van der Waals surface area contributed by atoms with E-state index in [4.69, 9.17) is 0 Å². The highest BCUT2D eigenvalue weighted by molar-refractivity contribution is 9.11. The molecule has 1 aromatic carbocycles. The molecule has 0 atom stereocenters. The van der Waals surface area contributed by atoms with Crippen molar-refractivity contribution in [1.82, 2.24) is 9.97 Å². The van der Waals surface area contributed by atoms with Crippen molar-refractivity contribution in [2.75, 3.05) is 17.2 Å². The maximum atomic E-state index is 4.23. The van der Waals surface area contributed by atoms with Crippen LogP contribution in [0.2, 0.25) is 0 Å². The van der Waals surface area contributed by atoms with Crippen LogP contribution in [0.3, 0.4) is 0 Å². The Morgan fingerprint density at radius 1 is 1.11 bits per heavy atom. The topological polar surface area (TPSA) is 49.8 Å². The van der Waals surface area contributed by atoms with Crippen molar-refractivity contribution >= 4 is 49.2 Å². The predicted molar refractivity (Wildman–Crippen MR) is 81.3 cm³/mol. The number of nitrogens with one attached hydrogen (secondary N) is 2. The molecule has 4 nitrogen and oxygen atoms in total. The monoisotopic (exact) mass is 370 g/mol. The van der Waals surface area contributed by atoms with Crippen LogP contribution >= 0.6 is 31.9 Å². The van der Waals surface area contributed by atoms with E-state index < -0.39 is 0 Å². The summed E-state index contributed by atoms with van der Waals surface area (Å²) in [4.78, 5) is 8.40. The molecule has 0 spiro atoms. The number of nitrogens with zero attached hydrogens (tertiary/aromatic N) is 2. The third-order valence-electron chi connectivity index (χ3n) is 2.26. The summed E-state index contributed by atoms with van der Waals surface area (Å²) >= 11 is 6.99. The lowest BCUT2D eigenvalue weighted by atomic mass is 10.3. The van der Waals surface area contributed by atoms with Gasteiger partial charge in [-0.05, 0) is 50.9 Å². The second-order valence-corrected chi connectivity index (χ2v) is 5.17. The molecule has 6 heteroatoms. The molecular weight excluding hydrogens is 360 g/mol. The molecule has 0 saturated carbocycles. The molecule has 0 aliphatic rings. The number of hydrogen-bond acceptors (Lipinski definition) is 4. The Bertz CT molecular complexity index is 545. The van der Waals surface area contributed by atoms with Crippen molar-refractivity contribution < 1.29 is 0 Å². The lowest BCUT2D eigenvalue weighted by Crippen LogP contribution is -2.03. The van der Waals surface area contributed by atoms with E-state index in [9.17, 15) is 0 Å². The summed E-state index contributed by atoms with van der Waals surface area (Å²) in [5, 5.41) is 6.42. The molecular formula is C12H12Br2N4. The van der Waals surface area contributed by atoms with Gasteiger partial charge in [0.2, 0.25) is 0 Å². The number of aromatic nitrogens is 2. The SMILES string of the molecule is CCNc1ncnc(Nc2ccccc2Br)c1Br. The summed E-state index contributed by atoms with van der Waals surface area (Å²) in [5.74, 6) is 1.51. The normalized spacial score (nSPS) is 10.2. The summed E-state index contributed by atoms with van der Waals surface area (Å²) in [6, 6.07) is 7.88. The van der Waals surface area contributed by atoms with Gasteiger partial charge in [0.15, 0.2) is 0 Å². The first kappa shape index (κ1) is 13.3. The highest BCUT2D eigenvalue weighted by Crippen LogP contribution is 2.31. The van der Waals surface area contributed by atoms with Crippen LogP contribution in [0.4, 0.5) is 17.3 Å². The molecule has 0 radical (unpaired) electrons. The summed E-state index contributed by atoms with van der Waals surface area (Å²) in [5.41, 5.74) is 0.958. The van der Waals surface area contributed by atoms with Gasteiger partial charge in [-0.3, -0.25) is 0 Å². The van der Waals surface area contributed by atoms with E-state index in [0.717, 1.165) is 32.8 Å². The van der Waals surface area contributed by atoms with Crippen LogP contribution in [0.5, 0.6) is 0 Å². The number of rotatable bonds is 4. The minimum absolute atomic E-state index is 0.729. The molecule has 1 aromatic heterocycles. The number of hydrogen-bond donors (Lipinski definition) is 2. The minimum Gasteiger partial charge on any atom is -0.369 e. The predicted octanol–water partition coefficient (Wildman–Crippen LogP) is 4.18. The highest BCUT2D eigenvalue weighted by Gasteiger charge is 2.09. The van der Waals surface area contributed by atoms with Crippen molar-refractivity contribution in [3.63, 3.8) is 0 Å². The molecule has 2 N–H and O–H groups in total. The largest absolute Gasteiger partial charge is 0.369 e. The lowest BCUT2D eigenvalue weighted by Gasteiger charge is -2.11. The fourth-order valence-corrected chi connectivity index (χ4v) is 2.27. The summed E-state index contributed by atoms with van der Waals surface area (Å²) in [7, 11) is 0. The molecule has 94 valence electrons. The molecule has 0 saturated heterocycles. The Balaban J connectivity index is 2.30. The Morgan fingerprint density at radius 3 is 2.56 bits per heavy atom. The van der Waals surface area contributed by atoms with Crippen LogP contribution in [0.1, 0.15) is 6.92 Å². The summed E-state index contributed by atoms with van der Waals surface area (Å²) < 4.78 is 1.81. The Morgan fingerprint density at radius 2 is 1.83 bits per heavy atom. The van der Waals surface area contributed by atoms with Crippen LogP contribution in [-0.4, -0.2) is 16.5 Å². The van der Waals surface area contributed by atoms with Gasteiger partial charge >= 0.3 is 0 Å². The van der Waals surface area contributed by atoms with Gasteiger partial charge in [0.25, 0.3) is 0 Å². The van der Waals surface area contributed by atoms with Gasteiger partial charge in [-0.15, -0.1) is 0 Å². The molecule has 2 aromatic rings. The van der Waals surface area contributed by atoms with Crippen LogP contribution in [0.15, 0.2) is 39.5 Å². The van der Waals surface area contributed by atoms with Crippen molar-refractivity contribution in [3.8, 4) is 0 Å². The average Bonchev–Trinajstić information content (AvgIpc) is 2.37. The van der Waals surface area contributed by atoms with Crippen molar-refractivity contribution in [1.29, 1.82) is 0 Å². The average molecular weight is 372 g/mol. The first-order valence-corrected chi connectivity index (χ1v) is 7.07. The first-order valence-electron chi connectivity index (χ1n) is 5.48. The minimum atomic E-state index is 0.729. The standard InChI is InChI=1S/C12H12Br2N4/c1-2-15-11-10(14)12(17-7-16-11)18-9-6-4-3-5-8(9)13/h3-7H,2H2,1H3,(H2,15,16,17,18). The third kappa shape index (κ3) is 3.00. The maximum absolute atomic E-state index is 4.23. The van der Waals surface area contributed by atoms with Crippen molar-refractivity contribution in [2.45, 2.75) is 6.92 Å². The summed E-state index contributed by atoms with van der Waals surface area (Å²) in [6.07, 6.45) is 1.53. The molecule has 18 heavy (non-hydrogen) atoms. The van der Waals surface area contributed by atoms with Crippen LogP contribution < -0.4 is 10.6 Å². The first-order chi connectivity index (χ1) is 8.72. The van der Waals surface area contributed by atoms with Crippen molar-refractivity contribution in [3.05, 3.63) is 39.5 Å². The smallest absolute Gasteiger partial charge is 0.150 e. The third-order valence-corrected chi connectivity index (χ3v) is 3.70. The van der Waals surface area contributed by atoms with Gasteiger partial charge < -0.3 is 10.6 Å². The Labute approximate surface area is 122 Å². The van der Waals surface area contributed by atoms with Crippen molar-refractivity contribution in [2.24, 2.45) is 0 Å². The molecule has 2 rings (SSSR count). The fraction of sp³-hybridized carbons (Fsp3) is 0.167. The zero-order valence-electron chi connectivity index (χ0n) is 9.74. The highest BCUT2D eigenvalue weighted by atomic mass is 79.9. The number of anilines is 3. The second-order valence-electron chi connectivity index (χ2n) is 3.52. The maximum Gasteiger partial charge on any atom is 0.150 e. The van der Waals surface area contributed by atoms with Crippen LogP contribution in [-0.2, 0) is 0 Å². The molecule has 0 aliphatic carbocycles. The van der Waals surface area contributed by atoms with Gasteiger partial charge in [0, 0.05) is 11.0 Å². The quantitative estimate of drug-likeness (QED) is 0.846. The van der Waals surface area contributed by atoms with Gasteiger partial charge in [-0.1, -0.05) is 12.1 Å². The van der Waals surface area contributed by atoms with Crippen LogP contribution in [0, 0.1) is 0 Å². The Kier molecular flexibility index (Phi) is 4.54. The fourth-order valence-electron chi connectivity index (χ4n) is 1.44. The summed E-state index contributed by atoms with van der Waals surface area (Å²) in [6.45, 7) is 2.83. The van der Waals surface area contributed by atoms with E-state index in [2.05, 4.69) is 52.5 Å². The number of halogens is 2.